The quantitative estimate of drug-likeness (QED) is 0.348. The van der Waals surface area contributed by atoms with Crippen LogP contribution in [-0.2, 0) is 0 Å². The van der Waals surface area contributed by atoms with Gasteiger partial charge in [-0.3, -0.25) is 0 Å². The summed E-state index contributed by atoms with van der Waals surface area (Å²) in [5.41, 5.74) is 5.47. The van der Waals surface area contributed by atoms with Crippen molar-refractivity contribution in [1.29, 1.82) is 0 Å². The number of benzene rings is 2. The molecule has 34 heavy (non-hydrogen) atoms. The van der Waals surface area contributed by atoms with E-state index >= 15 is 0 Å². The van der Waals surface area contributed by atoms with Gasteiger partial charge in [0.05, 0.1) is 0 Å². The van der Waals surface area contributed by atoms with E-state index in [0.717, 1.165) is 11.8 Å². The Kier molecular flexibility index (Phi) is 7.99. The Morgan fingerprint density at radius 2 is 1.06 bits per heavy atom. The van der Waals surface area contributed by atoms with Crippen molar-refractivity contribution in [3.63, 3.8) is 0 Å². The summed E-state index contributed by atoms with van der Waals surface area (Å²) in [7, 11) is 0. The molecule has 2 aliphatic carbocycles. The molecule has 1 heteroatoms. The fourth-order valence-corrected chi connectivity index (χ4v) is 18.4. The van der Waals surface area contributed by atoms with Gasteiger partial charge in [-0.2, -0.15) is 0 Å². The Bertz CT molecular complexity index is 902. The van der Waals surface area contributed by atoms with Gasteiger partial charge in [-0.1, -0.05) is 0 Å². The van der Waals surface area contributed by atoms with Crippen LogP contribution in [0, 0.1) is 0 Å². The molecule has 0 aliphatic heterocycles. The van der Waals surface area contributed by atoms with Crippen molar-refractivity contribution in [2.75, 3.05) is 0 Å². The van der Waals surface area contributed by atoms with Gasteiger partial charge < -0.3 is 0 Å². The molecule has 0 unspecified atom stereocenters. The minimum atomic E-state index is -2.58. The topological polar surface area (TPSA) is 0 Å². The van der Waals surface area contributed by atoms with Crippen molar-refractivity contribution in [2.24, 2.45) is 0 Å². The first-order valence-corrected chi connectivity index (χ1v) is 17.0. The van der Waals surface area contributed by atoms with Crippen molar-refractivity contribution in [1.82, 2.24) is 0 Å². The van der Waals surface area contributed by atoms with E-state index in [0.29, 0.717) is 17.0 Å². The summed E-state index contributed by atoms with van der Waals surface area (Å²) in [6, 6.07) is 19.6. The van der Waals surface area contributed by atoms with E-state index in [-0.39, 0.29) is 0 Å². The predicted molar refractivity (Wildman–Crippen MR) is 156 cm³/mol. The molecule has 0 bridgehead atoms. The van der Waals surface area contributed by atoms with Gasteiger partial charge in [0.25, 0.3) is 0 Å². The zero-order chi connectivity index (χ0) is 24.4. The molecule has 0 amide bonds. The summed E-state index contributed by atoms with van der Waals surface area (Å²) >= 11 is 0. The summed E-state index contributed by atoms with van der Waals surface area (Å²) in [5, 5.41) is 3.47. The standard InChI is InChI=1S/C33H51P/c1-25(2)34(26(3)4,27(5)6,30-21-14-9-15-22-30)32-24-16-23-31(28-17-10-7-11-18-28)33(32)29-19-12-8-13-20-29/h9,14-16,21-29H,7-8,10-13,17-20H2,1-6H3. The Hall–Kier alpha value is -1.13. The molecule has 2 aromatic carbocycles. The Balaban J connectivity index is 2.12. The van der Waals surface area contributed by atoms with E-state index in [4.69, 9.17) is 0 Å². The average molecular weight is 479 g/mol. The van der Waals surface area contributed by atoms with Gasteiger partial charge in [0.2, 0.25) is 0 Å². The van der Waals surface area contributed by atoms with Crippen LogP contribution in [0.15, 0.2) is 48.5 Å². The average Bonchev–Trinajstić information content (AvgIpc) is 2.86. The van der Waals surface area contributed by atoms with Crippen molar-refractivity contribution >= 4 is 17.2 Å². The van der Waals surface area contributed by atoms with Crippen LogP contribution in [0.4, 0.5) is 0 Å². The van der Waals surface area contributed by atoms with Crippen LogP contribution in [0.3, 0.4) is 0 Å². The first kappa shape index (κ1) is 25.9. The zero-order valence-corrected chi connectivity index (χ0v) is 23.9. The molecular formula is C33H51P. The SMILES string of the molecule is CC(C)P(c1ccccc1)(c1cccc(C2CCCCC2)c1C1CCCCC1)(C(C)C)C(C)C. The first-order chi connectivity index (χ1) is 16.4. The van der Waals surface area contributed by atoms with Gasteiger partial charge in [0, 0.05) is 0 Å². The van der Waals surface area contributed by atoms with Gasteiger partial charge in [0.1, 0.15) is 0 Å². The van der Waals surface area contributed by atoms with Crippen molar-refractivity contribution in [3.05, 3.63) is 59.7 Å². The molecule has 0 aromatic heterocycles. The van der Waals surface area contributed by atoms with Gasteiger partial charge >= 0.3 is 211 Å². The summed E-state index contributed by atoms with van der Waals surface area (Å²) in [5.74, 6) is 1.53. The maximum atomic E-state index is 2.64. The second kappa shape index (κ2) is 10.5. The Labute approximate surface area is 211 Å². The van der Waals surface area contributed by atoms with Crippen LogP contribution in [0.1, 0.15) is 129 Å². The molecule has 4 rings (SSSR count). The molecule has 2 saturated carbocycles. The normalized spacial score (nSPS) is 20.1. The Morgan fingerprint density at radius 1 is 0.559 bits per heavy atom. The summed E-state index contributed by atoms with van der Waals surface area (Å²) in [4.78, 5) is 0. The van der Waals surface area contributed by atoms with E-state index in [1.54, 1.807) is 10.9 Å². The molecule has 0 heterocycles. The molecular weight excluding hydrogens is 427 g/mol. The number of hydrogen-bond acceptors (Lipinski definition) is 0. The molecule has 0 saturated heterocycles. The van der Waals surface area contributed by atoms with Gasteiger partial charge in [-0.05, 0) is 0 Å². The van der Waals surface area contributed by atoms with Crippen LogP contribution in [0.25, 0.3) is 0 Å². The summed E-state index contributed by atoms with van der Waals surface area (Å²) < 4.78 is 0. The predicted octanol–water partition coefficient (Wildman–Crippen LogP) is 9.51. The van der Waals surface area contributed by atoms with E-state index < -0.39 is 6.60 Å². The fraction of sp³-hybridized carbons (Fsp3) is 0.636. The number of rotatable bonds is 7. The molecule has 2 aliphatic rings. The van der Waals surface area contributed by atoms with E-state index in [2.05, 4.69) is 90.1 Å². The fourth-order valence-electron chi connectivity index (χ4n) is 9.03. The second-order valence-corrected chi connectivity index (χ2v) is 19.2. The van der Waals surface area contributed by atoms with Crippen LogP contribution < -0.4 is 10.6 Å². The van der Waals surface area contributed by atoms with Gasteiger partial charge in [-0.25, -0.2) is 0 Å². The minimum absolute atomic E-state index is 0.623. The molecule has 0 spiro atoms. The first-order valence-electron chi connectivity index (χ1n) is 14.6. The van der Waals surface area contributed by atoms with Crippen molar-refractivity contribution < 1.29 is 0 Å². The second-order valence-electron chi connectivity index (χ2n) is 12.4. The van der Waals surface area contributed by atoms with Gasteiger partial charge in [-0.15, -0.1) is 0 Å². The molecule has 0 nitrogen and oxygen atoms in total. The number of hydrogen-bond donors (Lipinski definition) is 0. The van der Waals surface area contributed by atoms with Crippen LogP contribution in [-0.4, -0.2) is 17.0 Å². The summed E-state index contributed by atoms with van der Waals surface area (Å²) in [6.45, 7) is 12.9. The van der Waals surface area contributed by atoms with E-state index in [1.165, 1.54) is 64.2 Å². The van der Waals surface area contributed by atoms with Crippen LogP contribution >= 0.6 is 6.60 Å². The monoisotopic (exact) mass is 478 g/mol. The van der Waals surface area contributed by atoms with Crippen LogP contribution in [0.2, 0.25) is 0 Å². The molecule has 2 fully saturated rings. The molecule has 2 aromatic rings. The van der Waals surface area contributed by atoms with Crippen molar-refractivity contribution in [3.8, 4) is 0 Å². The third kappa shape index (κ3) is 3.82. The molecule has 0 radical (unpaired) electrons. The zero-order valence-electron chi connectivity index (χ0n) is 23.0. The summed E-state index contributed by atoms with van der Waals surface area (Å²) in [6.07, 6.45) is 14.1. The third-order valence-corrected chi connectivity index (χ3v) is 20.0. The van der Waals surface area contributed by atoms with E-state index in [9.17, 15) is 0 Å². The maximum absolute atomic E-state index is 2.64. The van der Waals surface area contributed by atoms with Crippen molar-refractivity contribution in [2.45, 2.75) is 135 Å². The third-order valence-electron chi connectivity index (χ3n) is 10.4. The van der Waals surface area contributed by atoms with Gasteiger partial charge in [0.15, 0.2) is 0 Å². The Morgan fingerprint density at radius 3 is 1.56 bits per heavy atom. The molecule has 0 N–H and O–H groups in total. The molecule has 0 atom stereocenters. The van der Waals surface area contributed by atoms with Crippen LogP contribution in [0.5, 0.6) is 0 Å². The van der Waals surface area contributed by atoms with E-state index in [1.807, 2.05) is 10.9 Å². The molecule has 188 valence electrons.